The fourth-order valence-corrected chi connectivity index (χ4v) is 0.826. The molecule has 0 radical (unpaired) electrons. The molecular weight excluding hydrogens is 190 g/mol. The molecule has 0 bridgehead atoms. The van der Waals surface area contributed by atoms with Crippen molar-refractivity contribution >= 4 is 23.3 Å². The van der Waals surface area contributed by atoms with Gasteiger partial charge in [0.1, 0.15) is 0 Å². The number of nitrogens with one attached hydrogen (secondary N) is 1. The van der Waals surface area contributed by atoms with E-state index in [1.54, 1.807) is 0 Å². The largest absolute Gasteiger partial charge is 0.307 e. The summed E-state index contributed by atoms with van der Waals surface area (Å²) in [4.78, 5) is 18.5. The van der Waals surface area contributed by atoms with Crippen molar-refractivity contribution in [2.75, 3.05) is 5.32 Å². The van der Waals surface area contributed by atoms with Gasteiger partial charge in [-0.2, -0.15) is 0 Å². The number of amides is 1. The van der Waals surface area contributed by atoms with Crippen LogP contribution in [0.5, 0.6) is 0 Å². The molecule has 0 aliphatic carbocycles. The third-order valence-corrected chi connectivity index (χ3v) is 1.45. The predicted octanol–water partition coefficient (Wildman–Crippen LogP) is 1.09. The Morgan fingerprint density at radius 3 is 2.92 bits per heavy atom. The molecule has 66 valence electrons. The molecule has 0 aliphatic rings. The van der Waals surface area contributed by atoms with E-state index in [0.717, 1.165) is 0 Å². The van der Waals surface area contributed by atoms with E-state index in [1.807, 2.05) is 0 Å². The second-order valence-corrected chi connectivity index (χ2v) is 2.48. The SMILES string of the molecule is C#CCC(=O)Nc1nccnc1Cl. The molecular formula is C8H6ClN3O. The van der Waals surface area contributed by atoms with Gasteiger partial charge in [-0.05, 0) is 0 Å². The zero-order valence-electron chi connectivity index (χ0n) is 6.62. The van der Waals surface area contributed by atoms with Gasteiger partial charge in [0.2, 0.25) is 5.91 Å². The molecule has 1 rings (SSSR count). The monoisotopic (exact) mass is 195 g/mol. The zero-order valence-corrected chi connectivity index (χ0v) is 7.38. The first-order valence-electron chi connectivity index (χ1n) is 3.44. The highest BCUT2D eigenvalue weighted by atomic mass is 35.5. The molecule has 1 aromatic heterocycles. The summed E-state index contributed by atoms with van der Waals surface area (Å²) in [6.45, 7) is 0. The first kappa shape index (κ1) is 9.49. The lowest BCUT2D eigenvalue weighted by molar-refractivity contribution is -0.115. The van der Waals surface area contributed by atoms with Crippen molar-refractivity contribution < 1.29 is 4.79 Å². The summed E-state index contributed by atoms with van der Waals surface area (Å²) in [6.07, 6.45) is 7.79. The lowest BCUT2D eigenvalue weighted by Crippen LogP contribution is -2.11. The van der Waals surface area contributed by atoms with E-state index in [1.165, 1.54) is 12.4 Å². The van der Waals surface area contributed by atoms with Crippen LogP contribution in [0.2, 0.25) is 5.15 Å². The van der Waals surface area contributed by atoms with Gasteiger partial charge in [-0.25, -0.2) is 9.97 Å². The van der Waals surface area contributed by atoms with Gasteiger partial charge in [0, 0.05) is 12.4 Å². The Morgan fingerprint density at radius 1 is 1.62 bits per heavy atom. The zero-order chi connectivity index (χ0) is 9.68. The average molecular weight is 196 g/mol. The molecule has 1 aromatic rings. The van der Waals surface area contributed by atoms with E-state index < -0.39 is 0 Å². The minimum Gasteiger partial charge on any atom is -0.307 e. The summed E-state index contributed by atoms with van der Waals surface area (Å²) >= 11 is 5.63. The van der Waals surface area contributed by atoms with Gasteiger partial charge in [-0.1, -0.05) is 17.5 Å². The Balaban J connectivity index is 2.70. The van der Waals surface area contributed by atoms with E-state index >= 15 is 0 Å². The van der Waals surface area contributed by atoms with Crippen LogP contribution in [0.1, 0.15) is 6.42 Å². The highest BCUT2D eigenvalue weighted by Crippen LogP contribution is 2.13. The molecule has 1 heterocycles. The van der Waals surface area contributed by atoms with Crippen LogP contribution in [0.25, 0.3) is 0 Å². The quantitative estimate of drug-likeness (QED) is 0.719. The van der Waals surface area contributed by atoms with Gasteiger partial charge < -0.3 is 5.32 Å². The number of hydrogen-bond acceptors (Lipinski definition) is 3. The van der Waals surface area contributed by atoms with Gasteiger partial charge >= 0.3 is 0 Å². The second kappa shape index (κ2) is 4.43. The predicted molar refractivity (Wildman–Crippen MR) is 49.1 cm³/mol. The third-order valence-electron chi connectivity index (χ3n) is 1.17. The Kier molecular flexibility index (Phi) is 3.23. The maximum atomic E-state index is 11.0. The van der Waals surface area contributed by atoms with Crippen LogP contribution >= 0.6 is 11.6 Å². The fraction of sp³-hybridized carbons (Fsp3) is 0.125. The van der Waals surface area contributed by atoms with Gasteiger partial charge in [0.05, 0.1) is 6.42 Å². The number of hydrogen-bond donors (Lipinski definition) is 1. The Morgan fingerprint density at radius 2 is 2.31 bits per heavy atom. The molecule has 0 fully saturated rings. The molecule has 0 saturated carbocycles. The van der Waals surface area contributed by atoms with E-state index in [2.05, 4.69) is 21.2 Å². The van der Waals surface area contributed by atoms with Crippen LogP contribution in [0.4, 0.5) is 5.82 Å². The van der Waals surface area contributed by atoms with Crippen molar-refractivity contribution in [2.45, 2.75) is 6.42 Å². The van der Waals surface area contributed by atoms with E-state index in [0.29, 0.717) is 0 Å². The summed E-state index contributed by atoms with van der Waals surface area (Å²) in [6, 6.07) is 0. The van der Waals surface area contributed by atoms with Crippen molar-refractivity contribution in [3.63, 3.8) is 0 Å². The number of terminal acetylenes is 1. The van der Waals surface area contributed by atoms with Gasteiger partial charge in [-0.3, -0.25) is 4.79 Å². The molecule has 13 heavy (non-hydrogen) atoms. The minimum atomic E-state index is -0.329. The van der Waals surface area contributed by atoms with Crippen LogP contribution in [0.3, 0.4) is 0 Å². The molecule has 0 aromatic carbocycles. The van der Waals surface area contributed by atoms with E-state index in [4.69, 9.17) is 18.0 Å². The maximum Gasteiger partial charge on any atom is 0.237 e. The van der Waals surface area contributed by atoms with Crippen molar-refractivity contribution in [3.05, 3.63) is 17.5 Å². The normalized spacial score (nSPS) is 8.92. The Bertz CT molecular complexity index is 359. The van der Waals surface area contributed by atoms with Gasteiger partial charge in [0.15, 0.2) is 11.0 Å². The minimum absolute atomic E-state index is 0.00704. The summed E-state index contributed by atoms with van der Waals surface area (Å²) in [7, 11) is 0. The molecule has 4 nitrogen and oxygen atoms in total. The number of carbonyl (C=O) groups excluding carboxylic acids is 1. The topological polar surface area (TPSA) is 54.9 Å². The molecule has 0 aliphatic heterocycles. The van der Waals surface area contributed by atoms with Crippen LogP contribution in [0.15, 0.2) is 12.4 Å². The lowest BCUT2D eigenvalue weighted by atomic mass is 10.4. The van der Waals surface area contributed by atoms with Gasteiger partial charge in [0.25, 0.3) is 0 Å². The second-order valence-electron chi connectivity index (χ2n) is 2.12. The smallest absolute Gasteiger partial charge is 0.237 e. The van der Waals surface area contributed by atoms with Crippen LogP contribution < -0.4 is 5.32 Å². The molecule has 0 atom stereocenters. The molecule has 1 amide bonds. The van der Waals surface area contributed by atoms with E-state index in [-0.39, 0.29) is 23.3 Å². The van der Waals surface area contributed by atoms with Crippen molar-refractivity contribution in [3.8, 4) is 12.3 Å². The molecule has 5 heteroatoms. The van der Waals surface area contributed by atoms with Crippen LogP contribution in [0, 0.1) is 12.3 Å². The van der Waals surface area contributed by atoms with Crippen LogP contribution in [-0.4, -0.2) is 15.9 Å². The fourth-order valence-electron chi connectivity index (χ4n) is 0.674. The van der Waals surface area contributed by atoms with Crippen molar-refractivity contribution in [1.29, 1.82) is 0 Å². The molecule has 0 spiro atoms. The number of aromatic nitrogens is 2. The Labute approximate surface area is 80.3 Å². The first-order valence-corrected chi connectivity index (χ1v) is 3.81. The third kappa shape index (κ3) is 2.73. The molecule has 0 saturated heterocycles. The number of nitrogens with zero attached hydrogens (tertiary/aromatic N) is 2. The van der Waals surface area contributed by atoms with Gasteiger partial charge in [-0.15, -0.1) is 6.42 Å². The first-order chi connectivity index (χ1) is 6.24. The van der Waals surface area contributed by atoms with E-state index in [9.17, 15) is 4.79 Å². The Hall–Kier alpha value is -1.60. The number of anilines is 1. The summed E-state index contributed by atoms with van der Waals surface area (Å²) in [5, 5.41) is 2.57. The number of rotatable bonds is 2. The summed E-state index contributed by atoms with van der Waals surface area (Å²) in [5.74, 6) is 2.10. The molecule has 1 N–H and O–H groups in total. The highest BCUT2D eigenvalue weighted by Gasteiger charge is 2.05. The number of halogens is 1. The number of carbonyl (C=O) groups is 1. The maximum absolute atomic E-state index is 11.0. The van der Waals surface area contributed by atoms with Crippen LogP contribution in [-0.2, 0) is 4.79 Å². The van der Waals surface area contributed by atoms with Crippen molar-refractivity contribution in [1.82, 2.24) is 9.97 Å². The molecule has 0 unspecified atom stereocenters. The van der Waals surface area contributed by atoms with Crippen molar-refractivity contribution in [2.24, 2.45) is 0 Å². The average Bonchev–Trinajstić information content (AvgIpc) is 2.09. The standard InChI is InChI=1S/C8H6ClN3O/c1-2-3-6(13)12-8-7(9)10-4-5-11-8/h1,4-5H,3H2,(H,11,12,13). The lowest BCUT2D eigenvalue weighted by Gasteiger charge is -2.01. The highest BCUT2D eigenvalue weighted by molar-refractivity contribution is 6.32. The summed E-state index contributed by atoms with van der Waals surface area (Å²) < 4.78 is 0. The summed E-state index contributed by atoms with van der Waals surface area (Å²) in [5.41, 5.74) is 0.